The van der Waals surface area contributed by atoms with E-state index in [4.69, 9.17) is 0 Å². The van der Waals surface area contributed by atoms with Gasteiger partial charge in [0.2, 0.25) is 0 Å². The Bertz CT molecular complexity index is 597. The van der Waals surface area contributed by atoms with E-state index < -0.39 is 0 Å². The molecule has 0 aliphatic rings. The van der Waals surface area contributed by atoms with Gasteiger partial charge in [0.1, 0.15) is 20.7 Å². The molecule has 0 aliphatic heterocycles. The van der Waals surface area contributed by atoms with Gasteiger partial charge in [0, 0.05) is 0 Å². The van der Waals surface area contributed by atoms with Gasteiger partial charge in [-0.15, -0.1) is 0 Å². The van der Waals surface area contributed by atoms with Crippen LogP contribution in [0.25, 0.3) is 0 Å². The van der Waals surface area contributed by atoms with Crippen LogP contribution >= 0.6 is 10.8 Å². The molecule has 0 heterocycles. The Morgan fingerprint density at radius 2 is 0.900 bits per heavy atom. The van der Waals surface area contributed by atoms with Crippen molar-refractivity contribution in [3.63, 3.8) is 0 Å². The minimum absolute atomic E-state index is 0.0144. The van der Waals surface area contributed by atoms with Crippen LogP contribution in [0.1, 0.15) is 0 Å². The third kappa shape index (κ3) is 3.27. The third-order valence-corrected chi connectivity index (χ3v) is 7.10. The maximum absolute atomic E-state index is 2.21. The number of rotatable bonds is 4. The predicted octanol–water partition coefficient (Wildman–Crippen LogP) is 5.43. The van der Waals surface area contributed by atoms with E-state index in [1.54, 1.807) is 0 Å². The van der Waals surface area contributed by atoms with Crippen molar-refractivity contribution < 1.29 is 0 Å². The van der Waals surface area contributed by atoms with Gasteiger partial charge in [0.15, 0.2) is 9.79 Å². The minimum Gasteiger partial charge on any atom is -0.0622 e. The van der Waals surface area contributed by atoms with Crippen LogP contribution in [0, 0.1) is 0 Å². The first-order valence-corrected chi connectivity index (χ1v) is 9.07. The monoisotopic (exact) mass is 295 g/mol. The SMILES string of the molecule is c1ccc(S[S+](c2ccccc2)c2ccccc2)cc1. The molecule has 98 valence electrons. The van der Waals surface area contributed by atoms with Crippen molar-refractivity contribution in [1.29, 1.82) is 0 Å². The Morgan fingerprint density at radius 3 is 1.35 bits per heavy atom. The highest BCUT2D eigenvalue weighted by atomic mass is 33.1. The van der Waals surface area contributed by atoms with Crippen LogP contribution in [0.5, 0.6) is 0 Å². The average molecular weight is 295 g/mol. The fourth-order valence-electron chi connectivity index (χ4n) is 1.89. The van der Waals surface area contributed by atoms with Gasteiger partial charge in [0.25, 0.3) is 0 Å². The van der Waals surface area contributed by atoms with Gasteiger partial charge in [-0.25, -0.2) is 0 Å². The second-order valence-corrected chi connectivity index (χ2v) is 7.91. The summed E-state index contributed by atoms with van der Waals surface area (Å²) in [6.45, 7) is 0. The third-order valence-electron chi connectivity index (χ3n) is 2.84. The van der Waals surface area contributed by atoms with Crippen molar-refractivity contribution in [2.75, 3.05) is 0 Å². The van der Waals surface area contributed by atoms with Crippen molar-refractivity contribution in [2.45, 2.75) is 14.7 Å². The van der Waals surface area contributed by atoms with Crippen LogP contribution in [0.4, 0.5) is 0 Å². The van der Waals surface area contributed by atoms with Crippen LogP contribution in [-0.2, 0) is 9.93 Å². The molecule has 0 saturated heterocycles. The lowest BCUT2D eigenvalue weighted by Crippen LogP contribution is -1.98. The lowest BCUT2D eigenvalue weighted by Gasteiger charge is -2.05. The molecule has 20 heavy (non-hydrogen) atoms. The molecule has 2 heteroatoms. The van der Waals surface area contributed by atoms with Gasteiger partial charge >= 0.3 is 0 Å². The zero-order valence-electron chi connectivity index (χ0n) is 11.0. The topological polar surface area (TPSA) is 0 Å². The average Bonchev–Trinajstić information content (AvgIpc) is 2.55. The number of hydrogen-bond donors (Lipinski definition) is 0. The van der Waals surface area contributed by atoms with Gasteiger partial charge in [-0.2, -0.15) is 0 Å². The molecule has 0 bridgehead atoms. The normalized spacial score (nSPS) is 10.7. The summed E-state index contributed by atoms with van der Waals surface area (Å²) in [6.07, 6.45) is 0. The van der Waals surface area contributed by atoms with E-state index in [0.29, 0.717) is 0 Å². The molecule has 0 fully saturated rings. The van der Waals surface area contributed by atoms with Gasteiger partial charge in [-0.1, -0.05) is 54.6 Å². The van der Waals surface area contributed by atoms with Gasteiger partial charge in [-0.05, 0) is 36.4 Å². The smallest absolute Gasteiger partial charge is 0.0622 e. The molecule has 0 radical (unpaired) electrons. The second kappa shape index (κ2) is 6.69. The van der Waals surface area contributed by atoms with Crippen molar-refractivity contribution in [3.8, 4) is 0 Å². The van der Waals surface area contributed by atoms with E-state index in [-0.39, 0.29) is 9.93 Å². The van der Waals surface area contributed by atoms with E-state index in [0.717, 1.165) is 0 Å². The van der Waals surface area contributed by atoms with Gasteiger partial charge < -0.3 is 0 Å². The molecule has 3 aromatic carbocycles. The van der Waals surface area contributed by atoms with Gasteiger partial charge in [-0.3, -0.25) is 0 Å². The Kier molecular flexibility index (Phi) is 4.46. The molecule has 0 amide bonds. The molecule has 3 aromatic rings. The lowest BCUT2D eigenvalue weighted by atomic mass is 10.4. The summed E-state index contributed by atoms with van der Waals surface area (Å²) < 4.78 is 0. The molecule has 0 saturated carbocycles. The first-order valence-electron chi connectivity index (χ1n) is 6.51. The molecule has 0 spiro atoms. The predicted molar refractivity (Wildman–Crippen MR) is 89.1 cm³/mol. The quantitative estimate of drug-likeness (QED) is 0.457. The summed E-state index contributed by atoms with van der Waals surface area (Å²) in [7, 11) is 1.94. The standard InChI is InChI=1S/C18H15S2/c1-4-10-16(11-5-1)19-20(17-12-6-2-7-13-17)18-14-8-3-9-15-18/h1-15H/q+1. The fraction of sp³-hybridized carbons (Fsp3) is 0. The highest BCUT2D eigenvalue weighted by Crippen LogP contribution is 2.38. The van der Waals surface area contributed by atoms with Crippen molar-refractivity contribution >= 4 is 20.7 Å². The molecule has 0 unspecified atom stereocenters. The Balaban J connectivity index is 1.96. The van der Waals surface area contributed by atoms with Crippen molar-refractivity contribution in [3.05, 3.63) is 91.0 Å². The Labute approximate surface area is 126 Å². The summed E-state index contributed by atoms with van der Waals surface area (Å²) in [5, 5.41) is 0. The summed E-state index contributed by atoms with van der Waals surface area (Å²) in [4.78, 5) is 4.05. The Hall–Kier alpha value is -1.64. The van der Waals surface area contributed by atoms with E-state index >= 15 is 0 Å². The summed E-state index contributed by atoms with van der Waals surface area (Å²) >= 11 is 0. The minimum atomic E-state index is 0.0144. The number of benzene rings is 3. The molecule has 0 atom stereocenters. The van der Waals surface area contributed by atoms with E-state index in [2.05, 4.69) is 91.0 Å². The first-order chi connectivity index (χ1) is 9.93. The molecule has 0 aromatic heterocycles. The molecule has 3 rings (SSSR count). The maximum Gasteiger partial charge on any atom is 0.174 e. The highest BCUT2D eigenvalue weighted by molar-refractivity contribution is 8.74. The van der Waals surface area contributed by atoms with Crippen molar-refractivity contribution in [1.82, 2.24) is 0 Å². The largest absolute Gasteiger partial charge is 0.174 e. The van der Waals surface area contributed by atoms with E-state index in [1.165, 1.54) is 14.7 Å². The zero-order chi connectivity index (χ0) is 13.6. The molecular formula is C18H15S2+. The second-order valence-electron chi connectivity index (χ2n) is 4.29. The summed E-state index contributed by atoms with van der Waals surface area (Å²) in [5.41, 5.74) is 0. The maximum atomic E-state index is 2.21. The molecule has 0 aliphatic carbocycles. The van der Waals surface area contributed by atoms with Crippen molar-refractivity contribution in [2.24, 2.45) is 0 Å². The first kappa shape index (κ1) is 13.3. The molecule has 0 N–H and O–H groups in total. The number of hydrogen-bond acceptors (Lipinski definition) is 1. The van der Waals surface area contributed by atoms with Crippen LogP contribution in [0.2, 0.25) is 0 Å². The van der Waals surface area contributed by atoms with Crippen LogP contribution in [0.15, 0.2) is 106 Å². The van der Waals surface area contributed by atoms with Crippen LogP contribution < -0.4 is 0 Å². The zero-order valence-corrected chi connectivity index (χ0v) is 12.6. The van der Waals surface area contributed by atoms with Gasteiger partial charge in [0.05, 0.1) is 4.90 Å². The van der Waals surface area contributed by atoms with E-state index in [1.807, 2.05) is 10.8 Å². The summed E-state index contributed by atoms with van der Waals surface area (Å²) in [6, 6.07) is 32.1. The van der Waals surface area contributed by atoms with Crippen LogP contribution in [-0.4, -0.2) is 0 Å². The summed E-state index contributed by atoms with van der Waals surface area (Å²) in [5.74, 6) is 0. The molecule has 0 nitrogen and oxygen atoms in total. The Morgan fingerprint density at radius 1 is 0.500 bits per heavy atom. The highest BCUT2D eigenvalue weighted by Gasteiger charge is 2.27. The molecular weight excluding hydrogens is 280 g/mol. The van der Waals surface area contributed by atoms with E-state index in [9.17, 15) is 0 Å². The van der Waals surface area contributed by atoms with Crippen LogP contribution in [0.3, 0.4) is 0 Å². The lowest BCUT2D eigenvalue weighted by molar-refractivity contribution is 1.39. The fourth-order valence-corrected chi connectivity index (χ4v) is 5.78.